The van der Waals surface area contributed by atoms with Crippen LogP contribution in [-0.2, 0) is 0 Å². The van der Waals surface area contributed by atoms with Gasteiger partial charge in [-0.1, -0.05) is 17.7 Å². The maximum Gasteiger partial charge on any atom is 0.266 e. The van der Waals surface area contributed by atoms with Gasteiger partial charge in [-0.2, -0.15) is 0 Å². The lowest BCUT2D eigenvalue weighted by molar-refractivity contribution is 1.01. The van der Waals surface area contributed by atoms with Crippen LogP contribution in [-0.4, -0.2) is 19.5 Å². The summed E-state index contributed by atoms with van der Waals surface area (Å²) in [5, 5.41) is 1.29. The maximum atomic E-state index is 13.7. The third kappa shape index (κ3) is 2.89. The average molecular weight is 414 g/mol. The van der Waals surface area contributed by atoms with Gasteiger partial charge in [0, 0.05) is 28.5 Å². The second kappa shape index (κ2) is 6.93. The van der Waals surface area contributed by atoms with E-state index < -0.39 is 0 Å². The average Bonchev–Trinajstić information content (AvgIpc) is 2.75. The van der Waals surface area contributed by atoms with Crippen molar-refractivity contribution < 1.29 is 0 Å². The second-order valence-electron chi connectivity index (χ2n) is 6.99. The summed E-state index contributed by atoms with van der Waals surface area (Å²) in [6.45, 7) is 1.88. The summed E-state index contributed by atoms with van der Waals surface area (Å²) in [4.78, 5) is 27.0. The van der Waals surface area contributed by atoms with Crippen molar-refractivity contribution in [2.24, 2.45) is 0 Å². The van der Waals surface area contributed by atoms with E-state index in [4.69, 9.17) is 17.3 Å². The molecule has 0 radical (unpaired) electrons. The molecular weight excluding hydrogens is 398 g/mol. The van der Waals surface area contributed by atoms with Gasteiger partial charge in [0.05, 0.1) is 28.0 Å². The molecule has 0 unspecified atom stereocenters. The third-order valence-electron chi connectivity index (χ3n) is 5.05. The number of benzene rings is 2. The molecule has 2 N–H and O–H groups in total. The molecule has 0 atom stereocenters. The summed E-state index contributed by atoms with van der Waals surface area (Å²) in [5.74, 6) is 0. The minimum Gasteiger partial charge on any atom is -0.397 e. The number of anilines is 1. The Labute approximate surface area is 176 Å². The molecule has 6 nitrogen and oxygen atoms in total. The van der Waals surface area contributed by atoms with Gasteiger partial charge in [0.15, 0.2) is 0 Å². The molecule has 2 aromatic carbocycles. The van der Waals surface area contributed by atoms with E-state index in [1.54, 1.807) is 41.2 Å². The Balaban J connectivity index is 1.90. The summed E-state index contributed by atoms with van der Waals surface area (Å²) in [6, 6.07) is 16.3. The maximum absolute atomic E-state index is 13.7. The van der Waals surface area contributed by atoms with E-state index in [1.807, 2.05) is 37.3 Å². The number of hydrogen-bond acceptors (Lipinski definition) is 5. The van der Waals surface area contributed by atoms with Crippen molar-refractivity contribution in [3.05, 3.63) is 88.1 Å². The van der Waals surface area contributed by atoms with Crippen molar-refractivity contribution >= 4 is 39.4 Å². The number of pyridine rings is 2. The Bertz CT molecular complexity index is 1490. The Morgan fingerprint density at radius 3 is 2.43 bits per heavy atom. The van der Waals surface area contributed by atoms with E-state index in [-0.39, 0.29) is 5.56 Å². The highest BCUT2D eigenvalue weighted by atomic mass is 35.5. The van der Waals surface area contributed by atoms with Crippen LogP contribution in [0.15, 0.2) is 71.8 Å². The van der Waals surface area contributed by atoms with Gasteiger partial charge in [-0.25, -0.2) is 4.98 Å². The van der Waals surface area contributed by atoms with Gasteiger partial charge in [0.1, 0.15) is 5.65 Å². The van der Waals surface area contributed by atoms with Gasteiger partial charge in [-0.05, 0) is 61.0 Å². The van der Waals surface area contributed by atoms with Crippen molar-refractivity contribution in [1.29, 1.82) is 0 Å². The molecule has 0 amide bonds. The van der Waals surface area contributed by atoms with Crippen LogP contribution >= 0.6 is 11.6 Å². The molecule has 0 aliphatic carbocycles. The molecule has 3 aromatic heterocycles. The van der Waals surface area contributed by atoms with Crippen LogP contribution in [0, 0.1) is 6.92 Å². The largest absolute Gasteiger partial charge is 0.397 e. The lowest BCUT2D eigenvalue weighted by Gasteiger charge is -2.16. The standard InChI is InChI=1S/C23H16ClN5O/c1-13-2-8-17-21(25)20(14-3-9-18-19(12-14)27-11-10-26-18)23(30)29(22(17)28-13)16-6-4-15(24)5-7-16/h2-12H,25H2,1H3. The van der Waals surface area contributed by atoms with Crippen molar-refractivity contribution in [2.45, 2.75) is 6.92 Å². The number of rotatable bonds is 2. The molecule has 7 heteroatoms. The zero-order chi connectivity index (χ0) is 20.8. The number of nitrogens with two attached hydrogens (primary N) is 1. The minimum absolute atomic E-state index is 0.260. The first-order valence-electron chi connectivity index (χ1n) is 9.32. The molecule has 5 aromatic rings. The number of halogens is 1. The van der Waals surface area contributed by atoms with E-state index >= 15 is 0 Å². The van der Waals surface area contributed by atoms with Crippen LogP contribution in [0.1, 0.15) is 5.69 Å². The summed E-state index contributed by atoms with van der Waals surface area (Å²) >= 11 is 6.05. The number of hydrogen-bond donors (Lipinski definition) is 1. The Morgan fingerprint density at radius 1 is 0.933 bits per heavy atom. The van der Waals surface area contributed by atoms with Gasteiger partial charge in [0.25, 0.3) is 5.56 Å². The van der Waals surface area contributed by atoms with E-state index in [1.165, 1.54) is 0 Å². The molecule has 0 aliphatic heterocycles. The van der Waals surface area contributed by atoms with Crippen molar-refractivity contribution in [3.8, 4) is 16.8 Å². The van der Waals surface area contributed by atoms with E-state index in [9.17, 15) is 4.79 Å². The second-order valence-corrected chi connectivity index (χ2v) is 7.43. The summed E-state index contributed by atoms with van der Waals surface area (Å²) in [6.07, 6.45) is 3.25. The van der Waals surface area contributed by atoms with Crippen LogP contribution < -0.4 is 11.3 Å². The van der Waals surface area contributed by atoms with Crippen molar-refractivity contribution in [3.63, 3.8) is 0 Å². The van der Waals surface area contributed by atoms with E-state index in [0.29, 0.717) is 44.1 Å². The minimum atomic E-state index is -0.260. The zero-order valence-electron chi connectivity index (χ0n) is 16.0. The molecule has 0 saturated heterocycles. The molecule has 3 heterocycles. The summed E-state index contributed by atoms with van der Waals surface area (Å²) in [5.41, 5.74) is 11.1. The quantitative estimate of drug-likeness (QED) is 0.459. The van der Waals surface area contributed by atoms with Crippen LogP contribution in [0.2, 0.25) is 5.02 Å². The molecule has 5 rings (SSSR count). The fourth-order valence-corrected chi connectivity index (χ4v) is 3.74. The Morgan fingerprint density at radius 2 is 1.67 bits per heavy atom. The predicted molar refractivity (Wildman–Crippen MR) is 120 cm³/mol. The highest BCUT2D eigenvalue weighted by Crippen LogP contribution is 2.31. The number of aryl methyl sites for hydroxylation is 1. The summed E-state index contributed by atoms with van der Waals surface area (Å²) in [7, 11) is 0. The van der Waals surface area contributed by atoms with Crippen molar-refractivity contribution in [1.82, 2.24) is 19.5 Å². The fourth-order valence-electron chi connectivity index (χ4n) is 3.61. The van der Waals surface area contributed by atoms with E-state index in [0.717, 1.165) is 11.2 Å². The molecule has 0 fully saturated rings. The monoisotopic (exact) mass is 413 g/mol. The Hall–Kier alpha value is -3.77. The van der Waals surface area contributed by atoms with Crippen molar-refractivity contribution in [2.75, 3.05) is 5.73 Å². The lowest BCUT2D eigenvalue weighted by Crippen LogP contribution is -2.23. The topological polar surface area (TPSA) is 86.7 Å². The summed E-state index contributed by atoms with van der Waals surface area (Å²) < 4.78 is 1.57. The molecule has 0 saturated carbocycles. The molecule has 0 bridgehead atoms. The highest BCUT2D eigenvalue weighted by Gasteiger charge is 2.19. The van der Waals surface area contributed by atoms with Crippen LogP contribution in [0.5, 0.6) is 0 Å². The molecule has 146 valence electrons. The van der Waals surface area contributed by atoms with Gasteiger partial charge in [0.2, 0.25) is 0 Å². The normalized spacial score (nSPS) is 11.3. The number of fused-ring (bicyclic) bond motifs is 2. The number of nitrogens with zero attached hydrogens (tertiary/aromatic N) is 4. The SMILES string of the molecule is Cc1ccc2c(N)c(-c3ccc4nccnc4c3)c(=O)n(-c3ccc(Cl)cc3)c2n1. The first-order chi connectivity index (χ1) is 14.5. The van der Waals surface area contributed by atoms with Crippen LogP contribution in [0.4, 0.5) is 5.69 Å². The zero-order valence-corrected chi connectivity index (χ0v) is 16.8. The molecule has 0 aliphatic rings. The predicted octanol–water partition coefficient (Wildman–Crippen LogP) is 4.54. The third-order valence-corrected chi connectivity index (χ3v) is 5.30. The smallest absolute Gasteiger partial charge is 0.266 e. The molecule has 0 spiro atoms. The number of nitrogen functional groups attached to an aromatic ring is 1. The Kier molecular flexibility index (Phi) is 4.22. The number of aromatic nitrogens is 4. The lowest BCUT2D eigenvalue weighted by atomic mass is 10.0. The molecule has 30 heavy (non-hydrogen) atoms. The van der Waals surface area contributed by atoms with Crippen LogP contribution in [0.25, 0.3) is 38.9 Å². The van der Waals surface area contributed by atoms with Gasteiger partial charge in [-0.15, -0.1) is 0 Å². The highest BCUT2D eigenvalue weighted by molar-refractivity contribution is 6.30. The molecular formula is C23H16ClN5O. The fraction of sp³-hybridized carbons (Fsp3) is 0.0435. The van der Waals surface area contributed by atoms with E-state index in [2.05, 4.69) is 15.0 Å². The van der Waals surface area contributed by atoms with Crippen LogP contribution in [0.3, 0.4) is 0 Å². The van der Waals surface area contributed by atoms with Gasteiger partial charge in [-0.3, -0.25) is 19.3 Å². The van der Waals surface area contributed by atoms with Gasteiger partial charge < -0.3 is 5.73 Å². The first kappa shape index (κ1) is 18.3. The van der Waals surface area contributed by atoms with Gasteiger partial charge >= 0.3 is 0 Å². The first-order valence-corrected chi connectivity index (χ1v) is 9.69.